The summed E-state index contributed by atoms with van der Waals surface area (Å²) in [5.41, 5.74) is 1.88. The molecular formula is C13H23ClN4O. The molecule has 1 aromatic heterocycles. The molecule has 0 saturated carbocycles. The summed E-state index contributed by atoms with van der Waals surface area (Å²) >= 11 is 6.17. The quantitative estimate of drug-likeness (QED) is 0.864. The molecule has 0 fully saturated rings. The molecule has 0 aliphatic heterocycles. The number of nitrogens with zero attached hydrogens (tertiary/aromatic N) is 3. The molecule has 0 aliphatic rings. The maximum Gasteiger partial charge on any atom is 0.234 e. The van der Waals surface area contributed by atoms with Crippen molar-refractivity contribution < 1.29 is 4.79 Å². The lowest BCUT2D eigenvalue weighted by molar-refractivity contribution is -0.122. The van der Waals surface area contributed by atoms with Crippen LogP contribution < -0.4 is 5.32 Å². The van der Waals surface area contributed by atoms with Crippen molar-refractivity contribution in [3.05, 3.63) is 16.4 Å². The Morgan fingerprint density at radius 3 is 2.63 bits per heavy atom. The minimum Gasteiger partial charge on any atom is -0.355 e. The van der Waals surface area contributed by atoms with E-state index in [1.165, 1.54) is 0 Å². The molecule has 5 nitrogen and oxygen atoms in total. The maximum absolute atomic E-state index is 11.7. The molecule has 0 atom stereocenters. The van der Waals surface area contributed by atoms with E-state index in [9.17, 15) is 4.79 Å². The van der Waals surface area contributed by atoms with Crippen LogP contribution in [0.25, 0.3) is 0 Å². The second-order valence-corrected chi connectivity index (χ2v) is 5.71. The summed E-state index contributed by atoms with van der Waals surface area (Å²) in [7, 11) is 3.71. The third-order valence-electron chi connectivity index (χ3n) is 2.82. The summed E-state index contributed by atoms with van der Waals surface area (Å²) in [6.45, 7) is 7.75. The highest BCUT2D eigenvalue weighted by molar-refractivity contribution is 6.30. The number of amides is 1. The number of nitrogens with one attached hydrogen (secondary N) is 1. The van der Waals surface area contributed by atoms with Crippen LogP contribution in [0.4, 0.5) is 0 Å². The Balaban J connectivity index is 2.51. The van der Waals surface area contributed by atoms with E-state index >= 15 is 0 Å². The smallest absolute Gasteiger partial charge is 0.234 e. The largest absolute Gasteiger partial charge is 0.355 e. The number of hydrogen-bond donors (Lipinski definition) is 1. The fourth-order valence-corrected chi connectivity index (χ4v) is 2.03. The molecule has 0 radical (unpaired) electrons. The number of hydrogen-bond acceptors (Lipinski definition) is 3. The minimum absolute atomic E-state index is 0.0360. The number of likely N-dealkylation sites (N-methyl/N-ethyl adjacent to an activating group) is 1. The molecule has 1 aromatic rings. The first-order chi connectivity index (χ1) is 8.81. The van der Waals surface area contributed by atoms with Crippen LogP contribution in [-0.4, -0.2) is 40.7 Å². The lowest BCUT2D eigenvalue weighted by atomic mass is 10.2. The zero-order chi connectivity index (χ0) is 14.6. The Morgan fingerprint density at radius 1 is 1.53 bits per heavy atom. The molecule has 0 aliphatic carbocycles. The summed E-state index contributed by atoms with van der Waals surface area (Å²) in [5.74, 6) is 0.498. The highest BCUT2D eigenvalue weighted by atomic mass is 35.5. The molecule has 108 valence electrons. The summed E-state index contributed by atoms with van der Waals surface area (Å²) in [6, 6.07) is 0. The second kappa shape index (κ2) is 6.91. The number of aromatic nitrogens is 2. The highest BCUT2D eigenvalue weighted by Gasteiger charge is 2.14. The van der Waals surface area contributed by atoms with Crippen molar-refractivity contribution in [1.29, 1.82) is 0 Å². The van der Waals surface area contributed by atoms with Crippen LogP contribution in [0.5, 0.6) is 0 Å². The zero-order valence-corrected chi connectivity index (χ0v) is 13.1. The van der Waals surface area contributed by atoms with Gasteiger partial charge >= 0.3 is 0 Å². The molecule has 0 spiro atoms. The normalized spacial score (nSPS) is 11.4. The molecule has 0 unspecified atom stereocenters. The van der Waals surface area contributed by atoms with Gasteiger partial charge in [-0.25, -0.2) is 0 Å². The van der Waals surface area contributed by atoms with Gasteiger partial charge < -0.3 is 5.32 Å². The van der Waals surface area contributed by atoms with Gasteiger partial charge in [0.1, 0.15) is 5.15 Å². The van der Waals surface area contributed by atoms with Crippen LogP contribution in [0.1, 0.15) is 25.1 Å². The Labute approximate surface area is 119 Å². The van der Waals surface area contributed by atoms with Gasteiger partial charge in [0.2, 0.25) is 5.91 Å². The molecular weight excluding hydrogens is 264 g/mol. The van der Waals surface area contributed by atoms with Crippen molar-refractivity contribution in [3.63, 3.8) is 0 Å². The van der Waals surface area contributed by atoms with E-state index in [1.54, 1.807) is 4.68 Å². The monoisotopic (exact) mass is 286 g/mol. The lowest BCUT2D eigenvalue weighted by Crippen LogP contribution is -2.36. The average Bonchev–Trinajstić information content (AvgIpc) is 2.53. The average molecular weight is 287 g/mol. The highest BCUT2D eigenvalue weighted by Crippen LogP contribution is 2.19. The molecule has 0 bridgehead atoms. The van der Waals surface area contributed by atoms with Gasteiger partial charge in [0, 0.05) is 25.7 Å². The predicted molar refractivity (Wildman–Crippen MR) is 77.1 cm³/mol. The van der Waals surface area contributed by atoms with E-state index < -0.39 is 0 Å². The topological polar surface area (TPSA) is 50.2 Å². The summed E-state index contributed by atoms with van der Waals surface area (Å²) in [5, 5.41) is 7.79. The van der Waals surface area contributed by atoms with Gasteiger partial charge in [0.15, 0.2) is 0 Å². The molecule has 1 amide bonds. The van der Waals surface area contributed by atoms with Crippen LogP contribution in [0.2, 0.25) is 5.15 Å². The Kier molecular flexibility index (Phi) is 5.82. The van der Waals surface area contributed by atoms with Crippen molar-refractivity contribution in [2.75, 3.05) is 20.1 Å². The Morgan fingerprint density at radius 2 is 2.16 bits per heavy atom. The van der Waals surface area contributed by atoms with E-state index in [0.717, 1.165) is 11.3 Å². The predicted octanol–water partition coefficient (Wildman–Crippen LogP) is 1.59. The fraction of sp³-hybridized carbons (Fsp3) is 0.692. The van der Waals surface area contributed by atoms with E-state index in [1.807, 2.05) is 25.9 Å². The SMILES string of the molecule is Cc1nn(C)c(Cl)c1CN(C)CC(=O)NCC(C)C. The van der Waals surface area contributed by atoms with Gasteiger partial charge in [-0.2, -0.15) is 5.10 Å². The third kappa shape index (κ3) is 4.84. The molecule has 0 aromatic carbocycles. The van der Waals surface area contributed by atoms with Crippen LogP contribution in [-0.2, 0) is 18.4 Å². The molecule has 6 heteroatoms. The number of rotatable bonds is 6. The fourth-order valence-electron chi connectivity index (χ4n) is 1.80. The van der Waals surface area contributed by atoms with Crippen LogP contribution >= 0.6 is 11.6 Å². The first-order valence-corrected chi connectivity index (χ1v) is 6.82. The summed E-state index contributed by atoms with van der Waals surface area (Å²) < 4.78 is 1.65. The zero-order valence-electron chi connectivity index (χ0n) is 12.3. The molecule has 1 heterocycles. The second-order valence-electron chi connectivity index (χ2n) is 5.35. The molecule has 0 saturated heterocycles. The van der Waals surface area contributed by atoms with Crippen molar-refractivity contribution in [2.24, 2.45) is 13.0 Å². The van der Waals surface area contributed by atoms with Crippen molar-refractivity contribution in [1.82, 2.24) is 20.0 Å². The Hall–Kier alpha value is -1.07. The maximum atomic E-state index is 11.7. The summed E-state index contributed by atoms with van der Waals surface area (Å²) in [4.78, 5) is 13.7. The van der Waals surface area contributed by atoms with Gasteiger partial charge in [0.05, 0.1) is 12.2 Å². The van der Waals surface area contributed by atoms with Gasteiger partial charge in [-0.15, -0.1) is 0 Å². The standard InChI is InChI=1S/C13H23ClN4O/c1-9(2)6-15-12(19)8-17(4)7-11-10(3)16-18(5)13(11)14/h9H,6-8H2,1-5H3,(H,15,19). The van der Waals surface area contributed by atoms with Gasteiger partial charge in [-0.1, -0.05) is 25.4 Å². The minimum atomic E-state index is 0.0360. The van der Waals surface area contributed by atoms with Crippen LogP contribution in [0.15, 0.2) is 0 Å². The molecule has 1 rings (SSSR count). The first-order valence-electron chi connectivity index (χ1n) is 6.44. The molecule has 19 heavy (non-hydrogen) atoms. The third-order valence-corrected chi connectivity index (χ3v) is 3.29. The van der Waals surface area contributed by atoms with Crippen LogP contribution in [0, 0.1) is 12.8 Å². The number of carbonyl (C=O) groups excluding carboxylic acids is 1. The molecule has 1 N–H and O–H groups in total. The van der Waals surface area contributed by atoms with Crippen molar-refractivity contribution in [2.45, 2.75) is 27.3 Å². The van der Waals surface area contributed by atoms with Gasteiger partial charge in [0.25, 0.3) is 0 Å². The summed E-state index contributed by atoms with van der Waals surface area (Å²) in [6.07, 6.45) is 0. The van der Waals surface area contributed by atoms with E-state index in [2.05, 4.69) is 24.3 Å². The first kappa shape index (κ1) is 16.0. The van der Waals surface area contributed by atoms with Crippen molar-refractivity contribution in [3.8, 4) is 0 Å². The number of aryl methyl sites for hydroxylation is 2. The van der Waals surface area contributed by atoms with E-state index in [-0.39, 0.29) is 5.91 Å². The van der Waals surface area contributed by atoms with E-state index in [4.69, 9.17) is 11.6 Å². The van der Waals surface area contributed by atoms with Gasteiger partial charge in [-0.3, -0.25) is 14.4 Å². The number of halogens is 1. The van der Waals surface area contributed by atoms with Gasteiger partial charge in [-0.05, 0) is 19.9 Å². The van der Waals surface area contributed by atoms with Crippen molar-refractivity contribution >= 4 is 17.5 Å². The Bertz CT molecular complexity index is 442. The number of carbonyl (C=O) groups is 1. The van der Waals surface area contributed by atoms with E-state index in [0.29, 0.717) is 30.7 Å². The van der Waals surface area contributed by atoms with Crippen LogP contribution in [0.3, 0.4) is 0 Å². The lowest BCUT2D eigenvalue weighted by Gasteiger charge is -2.16.